The Balaban J connectivity index is 1.62. The van der Waals surface area contributed by atoms with Gasteiger partial charge in [0.05, 0.1) is 5.02 Å². The van der Waals surface area contributed by atoms with Gasteiger partial charge in [0.2, 0.25) is 5.91 Å². The fraction of sp³-hybridized carbons (Fsp3) is 0.462. The van der Waals surface area contributed by atoms with Crippen molar-refractivity contribution in [2.45, 2.75) is 19.4 Å². The summed E-state index contributed by atoms with van der Waals surface area (Å²) in [6.45, 7) is 1.83. The van der Waals surface area contributed by atoms with Crippen molar-refractivity contribution in [1.82, 2.24) is 10.6 Å². The first kappa shape index (κ1) is 13.3. The number of hydrogen-bond donors (Lipinski definition) is 2. The first-order chi connectivity index (χ1) is 8.66. The molecule has 0 heterocycles. The molecule has 1 aromatic carbocycles. The molecule has 1 aliphatic rings. The fourth-order valence-electron chi connectivity index (χ4n) is 1.65. The van der Waals surface area contributed by atoms with Crippen molar-refractivity contribution in [1.29, 1.82) is 0 Å². The molecule has 1 amide bonds. The third kappa shape index (κ3) is 3.96. The summed E-state index contributed by atoms with van der Waals surface area (Å²) in [6, 6.07) is 4.74. The van der Waals surface area contributed by atoms with Gasteiger partial charge in [-0.05, 0) is 30.5 Å². The number of carbonyl (C=O) groups excluding carboxylic acids is 1. The van der Waals surface area contributed by atoms with E-state index in [2.05, 4.69) is 10.6 Å². The number of nitrogens with one attached hydrogen (secondary N) is 2. The van der Waals surface area contributed by atoms with Gasteiger partial charge >= 0.3 is 0 Å². The maximum atomic E-state index is 13.1. The standard InChI is InChI=1S/C13H16ClFN2O/c14-11-4-1-9(7-12(11)15)8-16-5-6-17-13(18)10-2-3-10/h1,4,7,10,16H,2-3,5-6,8H2,(H,17,18). The number of benzene rings is 1. The van der Waals surface area contributed by atoms with Gasteiger partial charge in [0, 0.05) is 25.6 Å². The van der Waals surface area contributed by atoms with Crippen LogP contribution in [-0.4, -0.2) is 19.0 Å². The third-order valence-corrected chi connectivity index (χ3v) is 3.17. The average molecular weight is 271 g/mol. The highest BCUT2D eigenvalue weighted by atomic mass is 35.5. The van der Waals surface area contributed by atoms with Gasteiger partial charge in [0.1, 0.15) is 5.82 Å². The lowest BCUT2D eigenvalue weighted by Gasteiger charge is -2.07. The van der Waals surface area contributed by atoms with Gasteiger partial charge in [0.15, 0.2) is 0 Å². The van der Waals surface area contributed by atoms with Crippen molar-refractivity contribution in [3.63, 3.8) is 0 Å². The molecule has 0 bridgehead atoms. The fourth-order valence-corrected chi connectivity index (χ4v) is 1.76. The van der Waals surface area contributed by atoms with E-state index in [0.29, 0.717) is 19.6 Å². The van der Waals surface area contributed by atoms with Crippen LogP contribution in [0.4, 0.5) is 4.39 Å². The highest BCUT2D eigenvalue weighted by molar-refractivity contribution is 6.30. The van der Waals surface area contributed by atoms with Crippen molar-refractivity contribution < 1.29 is 9.18 Å². The van der Waals surface area contributed by atoms with E-state index < -0.39 is 5.82 Å². The Morgan fingerprint density at radius 3 is 2.83 bits per heavy atom. The molecule has 0 aliphatic heterocycles. The van der Waals surface area contributed by atoms with E-state index in [1.54, 1.807) is 12.1 Å². The summed E-state index contributed by atoms with van der Waals surface area (Å²) in [5.74, 6) is -0.0114. The molecule has 98 valence electrons. The number of carbonyl (C=O) groups is 1. The van der Waals surface area contributed by atoms with Crippen molar-refractivity contribution in [3.05, 3.63) is 34.6 Å². The Kier molecular flexibility index (Phi) is 4.55. The zero-order chi connectivity index (χ0) is 13.0. The molecular formula is C13H16ClFN2O. The molecule has 1 fully saturated rings. The minimum Gasteiger partial charge on any atom is -0.355 e. The molecule has 0 radical (unpaired) electrons. The monoisotopic (exact) mass is 270 g/mol. The van der Waals surface area contributed by atoms with E-state index in [1.807, 2.05) is 0 Å². The van der Waals surface area contributed by atoms with Crippen LogP contribution in [0, 0.1) is 11.7 Å². The topological polar surface area (TPSA) is 41.1 Å². The molecule has 0 atom stereocenters. The Labute approximate surface area is 111 Å². The van der Waals surface area contributed by atoms with Crippen molar-refractivity contribution >= 4 is 17.5 Å². The summed E-state index contributed by atoms with van der Waals surface area (Å²) in [4.78, 5) is 11.3. The smallest absolute Gasteiger partial charge is 0.223 e. The van der Waals surface area contributed by atoms with Gasteiger partial charge < -0.3 is 10.6 Å². The summed E-state index contributed by atoms with van der Waals surface area (Å²) in [6.07, 6.45) is 2.03. The van der Waals surface area contributed by atoms with Crippen LogP contribution in [0.5, 0.6) is 0 Å². The Morgan fingerprint density at radius 1 is 1.39 bits per heavy atom. The van der Waals surface area contributed by atoms with Crippen molar-refractivity contribution in [3.8, 4) is 0 Å². The number of hydrogen-bond acceptors (Lipinski definition) is 2. The molecule has 3 nitrogen and oxygen atoms in total. The van der Waals surface area contributed by atoms with Crippen molar-refractivity contribution in [2.24, 2.45) is 5.92 Å². The quantitative estimate of drug-likeness (QED) is 0.778. The predicted octanol–water partition coefficient (Wildman–Crippen LogP) is 2.09. The molecule has 5 heteroatoms. The highest BCUT2D eigenvalue weighted by Gasteiger charge is 2.28. The first-order valence-corrected chi connectivity index (χ1v) is 6.47. The lowest BCUT2D eigenvalue weighted by atomic mass is 10.2. The van der Waals surface area contributed by atoms with Gasteiger partial charge in [-0.2, -0.15) is 0 Å². The summed E-state index contributed by atoms with van der Waals surface area (Å²) in [5, 5.41) is 6.13. The van der Waals surface area contributed by atoms with E-state index in [4.69, 9.17) is 11.6 Å². The molecule has 2 rings (SSSR count). The number of halogens is 2. The number of amides is 1. The lowest BCUT2D eigenvalue weighted by Crippen LogP contribution is -2.32. The van der Waals surface area contributed by atoms with E-state index >= 15 is 0 Å². The van der Waals surface area contributed by atoms with E-state index in [1.165, 1.54) is 6.07 Å². The predicted molar refractivity (Wildman–Crippen MR) is 68.9 cm³/mol. The SMILES string of the molecule is O=C(NCCNCc1ccc(Cl)c(F)c1)C1CC1. The highest BCUT2D eigenvalue weighted by Crippen LogP contribution is 2.28. The van der Waals surface area contributed by atoms with Crippen LogP contribution >= 0.6 is 11.6 Å². The van der Waals surface area contributed by atoms with Crippen LogP contribution in [0.25, 0.3) is 0 Å². The molecule has 1 aliphatic carbocycles. The molecule has 0 saturated heterocycles. The van der Waals surface area contributed by atoms with Gasteiger partial charge in [-0.1, -0.05) is 17.7 Å². The zero-order valence-corrected chi connectivity index (χ0v) is 10.8. The molecule has 0 unspecified atom stereocenters. The van der Waals surface area contributed by atoms with Crippen LogP contribution in [0.2, 0.25) is 5.02 Å². The van der Waals surface area contributed by atoms with Gasteiger partial charge in [0.25, 0.3) is 0 Å². The van der Waals surface area contributed by atoms with Gasteiger partial charge in [-0.25, -0.2) is 4.39 Å². The molecular weight excluding hydrogens is 255 g/mol. The lowest BCUT2D eigenvalue weighted by molar-refractivity contribution is -0.122. The molecule has 2 N–H and O–H groups in total. The summed E-state index contributed by atoms with van der Waals surface area (Å²) >= 11 is 5.59. The molecule has 0 spiro atoms. The normalized spacial score (nSPS) is 14.6. The van der Waals surface area contributed by atoms with Gasteiger partial charge in [-0.15, -0.1) is 0 Å². The first-order valence-electron chi connectivity index (χ1n) is 6.09. The van der Waals surface area contributed by atoms with E-state index in [9.17, 15) is 9.18 Å². The maximum Gasteiger partial charge on any atom is 0.223 e. The van der Waals surface area contributed by atoms with Gasteiger partial charge in [-0.3, -0.25) is 4.79 Å². The van der Waals surface area contributed by atoms with Crippen LogP contribution < -0.4 is 10.6 Å². The van der Waals surface area contributed by atoms with Crippen LogP contribution in [0.15, 0.2) is 18.2 Å². The summed E-state index contributed by atoms with van der Waals surface area (Å²) in [7, 11) is 0. The maximum absolute atomic E-state index is 13.1. The summed E-state index contributed by atoms with van der Waals surface area (Å²) < 4.78 is 13.1. The second-order valence-corrected chi connectivity index (χ2v) is 4.90. The minimum atomic E-state index is -0.405. The zero-order valence-electron chi connectivity index (χ0n) is 10.0. The minimum absolute atomic E-state index is 0.135. The summed E-state index contributed by atoms with van der Waals surface area (Å²) in [5.41, 5.74) is 0.838. The Morgan fingerprint density at radius 2 is 2.17 bits per heavy atom. The number of rotatable bonds is 6. The van der Waals surface area contributed by atoms with Crippen molar-refractivity contribution in [2.75, 3.05) is 13.1 Å². The molecule has 18 heavy (non-hydrogen) atoms. The second kappa shape index (κ2) is 6.16. The third-order valence-electron chi connectivity index (χ3n) is 2.86. The Bertz CT molecular complexity index is 435. The largest absolute Gasteiger partial charge is 0.355 e. The molecule has 1 aromatic rings. The van der Waals surface area contributed by atoms with Crippen LogP contribution in [-0.2, 0) is 11.3 Å². The average Bonchev–Trinajstić information content (AvgIpc) is 3.17. The Hall–Kier alpha value is -1.13. The van der Waals surface area contributed by atoms with Crippen LogP contribution in [0.3, 0.4) is 0 Å². The second-order valence-electron chi connectivity index (χ2n) is 4.49. The van der Waals surface area contributed by atoms with E-state index in [-0.39, 0.29) is 16.8 Å². The molecule has 1 saturated carbocycles. The van der Waals surface area contributed by atoms with E-state index in [0.717, 1.165) is 18.4 Å². The van der Waals surface area contributed by atoms with Crippen LogP contribution in [0.1, 0.15) is 18.4 Å². The molecule has 0 aromatic heterocycles.